The number of fused-ring (bicyclic) bond motifs is 2. The largest absolute Gasteiger partial charge is 0.481 e. The third kappa shape index (κ3) is 1.02. The van der Waals surface area contributed by atoms with Crippen molar-refractivity contribution < 1.29 is 9.90 Å². The molecule has 0 aromatic heterocycles. The van der Waals surface area contributed by atoms with Gasteiger partial charge in [-0.3, -0.25) is 4.79 Å². The molecule has 3 aliphatic rings. The van der Waals surface area contributed by atoms with Crippen molar-refractivity contribution in [2.24, 2.45) is 11.8 Å². The standard InChI is InChI=1S/C11H10O2S/c12-11(13)10-7-5-14-8-4-2-1-3-6(8)9(7)10/h1-4,7-8,10H,5H2,(H,12,13). The summed E-state index contributed by atoms with van der Waals surface area (Å²) >= 11 is 1.86. The minimum atomic E-state index is -0.651. The summed E-state index contributed by atoms with van der Waals surface area (Å²) in [6.07, 6.45) is 8.27. The molecule has 1 saturated carbocycles. The van der Waals surface area contributed by atoms with Crippen LogP contribution in [0.1, 0.15) is 0 Å². The first-order chi connectivity index (χ1) is 6.79. The van der Waals surface area contributed by atoms with Crippen molar-refractivity contribution in [1.82, 2.24) is 0 Å². The molecule has 0 spiro atoms. The molecule has 3 heteroatoms. The normalized spacial score (nSPS) is 37.9. The fraction of sp³-hybridized carbons (Fsp3) is 0.364. The van der Waals surface area contributed by atoms with E-state index in [0.29, 0.717) is 11.2 Å². The van der Waals surface area contributed by atoms with Gasteiger partial charge < -0.3 is 5.11 Å². The SMILES string of the molecule is O=C(O)C1C2=C3C=CC=CC3SCC21. The molecule has 3 rings (SSSR count). The lowest BCUT2D eigenvalue weighted by atomic mass is 10.1. The zero-order valence-electron chi connectivity index (χ0n) is 7.51. The molecule has 14 heavy (non-hydrogen) atoms. The van der Waals surface area contributed by atoms with E-state index in [1.807, 2.05) is 23.9 Å². The number of hydrogen-bond acceptors (Lipinski definition) is 2. The van der Waals surface area contributed by atoms with Crippen molar-refractivity contribution in [3.05, 3.63) is 35.5 Å². The second kappa shape index (κ2) is 2.76. The number of carbonyl (C=O) groups is 1. The number of allylic oxidation sites excluding steroid dienone is 3. The molecule has 0 amide bonds. The molecule has 0 aromatic carbocycles. The first kappa shape index (κ1) is 8.36. The molecule has 0 aromatic rings. The summed E-state index contributed by atoms with van der Waals surface area (Å²) in [5.41, 5.74) is 2.43. The lowest BCUT2D eigenvalue weighted by Gasteiger charge is -2.19. The lowest BCUT2D eigenvalue weighted by molar-refractivity contribution is -0.138. The van der Waals surface area contributed by atoms with Crippen LogP contribution in [0.2, 0.25) is 0 Å². The Hall–Kier alpha value is -0.960. The maximum atomic E-state index is 10.9. The van der Waals surface area contributed by atoms with Crippen LogP contribution >= 0.6 is 11.8 Å². The van der Waals surface area contributed by atoms with Gasteiger partial charge in [0.2, 0.25) is 0 Å². The van der Waals surface area contributed by atoms with E-state index >= 15 is 0 Å². The van der Waals surface area contributed by atoms with Crippen LogP contribution in [0.4, 0.5) is 0 Å². The average Bonchev–Trinajstić information content (AvgIpc) is 2.92. The topological polar surface area (TPSA) is 37.3 Å². The maximum Gasteiger partial charge on any atom is 0.311 e. The maximum absolute atomic E-state index is 10.9. The van der Waals surface area contributed by atoms with E-state index in [-0.39, 0.29) is 5.92 Å². The van der Waals surface area contributed by atoms with Gasteiger partial charge in [0, 0.05) is 16.9 Å². The lowest BCUT2D eigenvalue weighted by Crippen LogP contribution is -2.09. The quantitative estimate of drug-likeness (QED) is 0.711. The fourth-order valence-electron chi connectivity index (χ4n) is 2.34. The first-order valence-corrected chi connectivity index (χ1v) is 5.77. The Morgan fingerprint density at radius 3 is 3.14 bits per heavy atom. The summed E-state index contributed by atoms with van der Waals surface area (Å²) < 4.78 is 0. The van der Waals surface area contributed by atoms with Crippen LogP contribution in [-0.4, -0.2) is 22.1 Å². The van der Waals surface area contributed by atoms with Crippen LogP contribution in [0, 0.1) is 11.8 Å². The molecule has 1 aliphatic heterocycles. The Balaban J connectivity index is 2.01. The van der Waals surface area contributed by atoms with Crippen molar-refractivity contribution in [3.63, 3.8) is 0 Å². The van der Waals surface area contributed by atoms with Gasteiger partial charge in [0.15, 0.2) is 0 Å². The molecular formula is C11H10O2S. The molecule has 3 unspecified atom stereocenters. The predicted octanol–water partition coefficient (Wildman–Crippen LogP) is 1.85. The zero-order valence-corrected chi connectivity index (χ0v) is 8.33. The fourth-order valence-corrected chi connectivity index (χ4v) is 3.72. The molecular weight excluding hydrogens is 196 g/mol. The van der Waals surface area contributed by atoms with Gasteiger partial charge in [-0.25, -0.2) is 0 Å². The predicted molar refractivity (Wildman–Crippen MR) is 56.2 cm³/mol. The van der Waals surface area contributed by atoms with Crippen LogP contribution in [0.25, 0.3) is 0 Å². The smallest absolute Gasteiger partial charge is 0.311 e. The Morgan fingerprint density at radius 2 is 2.36 bits per heavy atom. The van der Waals surface area contributed by atoms with E-state index in [9.17, 15) is 4.79 Å². The molecule has 72 valence electrons. The third-order valence-corrected chi connectivity index (χ3v) is 4.38. The first-order valence-electron chi connectivity index (χ1n) is 4.72. The monoisotopic (exact) mass is 206 g/mol. The zero-order chi connectivity index (χ0) is 9.71. The highest BCUT2D eigenvalue weighted by Crippen LogP contribution is 2.56. The van der Waals surface area contributed by atoms with Crippen molar-refractivity contribution in [2.75, 3.05) is 5.75 Å². The van der Waals surface area contributed by atoms with Crippen LogP contribution in [0.5, 0.6) is 0 Å². The van der Waals surface area contributed by atoms with Crippen molar-refractivity contribution >= 4 is 17.7 Å². The Labute approximate surface area is 86.4 Å². The van der Waals surface area contributed by atoms with Gasteiger partial charge >= 0.3 is 5.97 Å². The third-order valence-electron chi connectivity index (χ3n) is 3.06. The van der Waals surface area contributed by atoms with Gasteiger partial charge in [-0.1, -0.05) is 24.3 Å². The van der Waals surface area contributed by atoms with Gasteiger partial charge in [-0.05, 0) is 11.1 Å². The minimum Gasteiger partial charge on any atom is -0.481 e. The molecule has 0 radical (unpaired) electrons. The van der Waals surface area contributed by atoms with Crippen LogP contribution in [0.3, 0.4) is 0 Å². The van der Waals surface area contributed by atoms with Gasteiger partial charge in [0.05, 0.1) is 5.92 Å². The van der Waals surface area contributed by atoms with E-state index in [0.717, 1.165) is 5.75 Å². The highest BCUT2D eigenvalue weighted by Gasteiger charge is 2.53. The van der Waals surface area contributed by atoms with Crippen molar-refractivity contribution in [2.45, 2.75) is 5.25 Å². The second-order valence-electron chi connectivity index (χ2n) is 3.83. The number of carboxylic acids is 1. The van der Waals surface area contributed by atoms with Crippen LogP contribution < -0.4 is 0 Å². The van der Waals surface area contributed by atoms with Gasteiger partial charge in [0.1, 0.15) is 0 Å². The molecule has 0 saturated heterocycles. The second-order valence-corrected chi connectivity index (χ2v) is 5.01. The Morgan fingerprint density at radius 1 is 1.50 bits per heavy atom. The van der Waals surface area contributed by atoms with Crippen molar-refractivity contribution in [3.8, 4) is 0 Å². The molecule has 1 N–H and O–H groups in total. The van der Waals surface area contributed by atoms with E-state index in [1.54, 1.807) is 0 Å². The van der Waals surface area contributed by atoms with E-state index in [1.165, 1.54) is 11.1 Å². The highest BCUT2D eigenvalue weighted by molar-refractivity contribution is 8.00. The van der Waals surface area contributed by atoms with Crippen molar-refractivity contribution in [1.29, 1.82) is 0 Å². The molecule has 2 aliphatic carbocycles. The molecule has 3 atom stereocenters. The number of aliphatic carboxylic acids is 1. The summed E-state index contributed by atoms with van der Waals surface area (Å²) in [7, 11) is 0. The number of hydrogen-bond donors (Lipinski definition) is 1. The summed E-state index contributed by atoms with van der Waals surface area (Å²) in [6.45, 7) is 0. The van der Waals surface area contributed by atoms with E-state index in [2.05, 4.69) is 12.2 Å². The Bertz CT molecular complexity index is 392. The molecule has 2 nitrogen and oxygen atoms in total. The van der Waals surface area contributed by atoms with Crippen LogP contribution in [0.15, 0.2) is 35.5 Å². The molecule has 0 bridgehead atoms. The molecule has 1 heterocycles. The summed E-state index contributed by atoms with van der Waals surface area (Å²) in [5.74, 6) is 0.457. The summed E-state index contributed by atoms with van der Waals surface area (Å²) in [6, 6.07) is 0. The Kier molecular flexibility index (Phi) is 1.65. The average molecular weight is 206 g/mol. The number of carboxylic acid groups (broad SMARTS) is 1. The number of thioether (sulfide) groups is 1. The van der Waals surface area contributed by atoms with Gasteiger partial charge in [-0.15, -0.1) is 11.8 Å². The van der Waals surface area contributed by atoms with E-state index in [4.69, 9.17) is 5.11 Å². The molecule has 1 fully saturated rings. The van der Waals surface area contributed by atoms with Gasteiger partial charge in [0.25, 0.3) is 0 Å². The number of rotatable bonds is 1. The van der Waals surface area contributed by atoms with Crippen LogP contribution in [-0.2, 0) is 4.79 Å². The minimum absolute atomic E-state index is 0.182. The summed E-state index contributed by atoms with van der Waals surface area (Å²) in [4.78, 5) is 10.9. The summed E-state index contributed by atoms with van der Waals surface area (Å²) in [5, 5.41) is 9.40. The van der Waals surface area contributed by atoms with Gasteiger partial charge in [-0.2, -0.15) is 0 Å². The van der Waals surface area contributed by atoms with E-state index < -0.39 is 5.97 Å². The highest BCUT2D eigenvalue weighted by atomic mass is 32.2.